The van der Waals surface area contributed by atoms with Gasteiger partial charge in [0.25, 0.3) is 0 Å². The van der Waals surface area contributed by atoms with E-state index >= 15 is 0 Å². The predicted molar refractivity (Wildman–Crippen MR) is 33.5 cm³/mol. The Bertz CT molecular complexity index is 183. The number of cyclic esters (lactones) is 1. The number of hydroxylamine groups is 2. The highest BCUT2D eigenvalue weighted by Gasteiger charge is 2.44. The highest BCUT2D eigenvalue weighted by Crippen LogP contribution is 2.26. The largest absolute Gasteiger partial charge is 0.446 e. The molecule has 1 N–H and O–H groups in total. The molecule has 2 atom stereocenters. The maximum Gasteiger partial charge on any atom is 0.434 e. The van der Waals surface area contributed by atoms with Crippen molar-refractivity contribution in [1.82, 2.24) is 5.06 Å². The summed E-state index contributed by atoms with van der Waals surface area (Å²) in [5.41, 5.74) is 0. The van der Waals surface area contributed by atoms with Gasteiger partial charge >= 0.3 is 6.09 Å². The lowest BCUT2D eigenvalue weighted by Gasteiger charge is -2.10. The Morgan fingerprint density at radius 1 is 1.64 bits per heavy atom. The number of ether oxygens (including phenoxy) is 1. The first kappa shape index (κ1) is 6.87. The van der Waals surface area contributed by atoms with Gasteiger partial charge in [-0.05, 0) is 0 Å². The van der Waals surface area contributed by atoms with Crippen LogP contribution in [-0.2, 0) is 9.57 Å². The van der Waals surface area contributed by atoms with Crippen molar-refractivity contribution < 1.29 is 19.5 Å². The van der Waals surface area contributed by atoms with Crippen LogP contribution in [0.2, 0.25) is 0 Å². The van der Waals surface area contributed by atoms with Crippen molar-refractivity contribution in [1.29, 1.82) is 0 Å². The zero-order valence-corrected chi connectivity index (χ0v) is 5.90. The van der Waals surface area contributed by atoms with Gasteiger partial charge in [-0.1, -0.05) is 0 Å². The molecular formula is C6H9NO4. The van der Waals surface area contributed by atoms with Gasteiger partial charge in [0.15, 0.2) is 0 Å². The molecule has 2 fully saturated rings. The second-order valence-electron chi connectivity index (χ2n) is 2.71. The topological polar surface area (TPSA) is 59.0 Å². The number of hydrogen-bond donors (Lipinski definition) is 1. The molecule has 0 aliphatic carbocycles. The van der Waals surface area contributed by atoms with Crippen LogP contribution in [0.25, 0.3) is 0 Å². The van der Waals surface area contributed by atoms with Crippen LogP contribution < -0.4 is 0 Å². The maximum absolute atomic E-state index is 10.8. The summed E-state index contributed by atoms with van der Waals surface area (Å²) in [6.45, 7) is 0.790. The van der Waals surface area contributed by atoms with E-state index in [0.29, 0.717) is 13.2 Å². The summed E-state index contributed by atoms with van der Waals surface area (Å²) >= 11 is 0. The Hall–Kier alpha value is -0.810. The molecule has 2 rings (SSSR count). The summed E-state index contributed by atoms with van der Waals surface area (Å²) < 4.78 is 4.70. The van der Waals surface area contributed by atoms with Gasteiger partial charge in [0.1, 0.15) is 12.6 Å². The van der Waals surface area contributed by atoms with E-state index in [-0.39, 0.29) is 18.6 Å². The average molecular weight is 159 g/mol. The van der Waals surface area contributed by atoms with E-state index in [1.165, 1.54) is 5.06 Å². The molecule has 5 heteroatoms. The summed E-state index contributed by atoms with van der Waals surface area (Å²) in [4.78, 5) is 15.8. The van der Waals surface area contributed by atoms with Crippen LogP contribution in [-0.4, -0.2) is 42.1 Å². The Labute approximate surface area is 63.4 Å². The van der Waals surface area contributed by atoms with E-state index in [9.17, 15) is 4.79 Å². The second kappa shape index (κ2) is 2.35. The average Bonchev–Trinajstić information content (AvgIpc) is 2.53. The molecular weight excluding hydrogens is 150 g/mol. The first-order chi connectivity index (χ1) is 5.33. The predicted octanol–water partition coefficient (Wildman–Crippen LogP) is -0.639. The van der Waals surface area contributed by atoms with E-state index in [0.717, 1.165) is 0 Å². The number of aliphatic hydroxyl groups excluding tert-OH is 1. The van der Waals surface area contributed by atoms with Crippen LogP contribution in [0.3, 0.4) is 0 Å². The molecule has 1 amide bonds. The van der Waals surface area contributed by atoms with Crippen molar-refractivity contribution in [2.24, 2.45) is 5.92 Å². The Morgan fingerprint density at radius 2 is 2.45 bits per heavy atom. The molecule has 0 bridgehead atoms. The van der Waals surface area contributed by atoms with E-state index in [1.54, 1.807) is 0 Å². The Morgan fingerprint density at radius 3 is 3.18 bits per heavy atom. The van der Waals surface area contributed by atoms with Crippen molar-refractivity contribution in [3.8, 4) is 0 Å². The van der Waals surface area contributed by atoms with E-state index in [1.807, 2.05) is 0 Å². The lowest BCUT2D eigenvalue weighted by atomic mass is 10.0. The molecule has 0 aromatic rings. The Balaban J connectivity index is 2.10. The first-order valence-corrected chi connectivity index (χ1v) is 3.52. The van der Waals surface area contributed by atoms with Gasteiger partial charge in [-0.25, -0.2) is 4.79 Å². The molecule has 0 spiro atoms. The fraction of sp³-hybridized carbons (Fsp3) is 0.833. The smallest absolute Gasteiger partial charge is 0.434 e. The summed E-state index contributed by atoms with van der Waals surface area (Å²) in [6, 6.07) is -0.0764. The monoisotopic (exact) mass is 159 g/mol. The molecule has 0 saturated carbocycles. The summed E-state index contributed by atoms with van der Waals surface area (Å²) in [5, 5.41) is 10.0. The van der Waals surface area contributed by atoms with Crippen LogP contribution >= 0.6 is 0 Å². The molecule has 2 saturated heterocycles. The lowest BCUT2D eigenvalue weighted by molar-refractivity contribution is -0.0772. The van der Waals surface area contributed by atoms with Gasteiger partial charge in [0, 0.05) is 5.92 Å². The zero-order chi connectivity index (χ0) is 7.84. The summed E-state index contributed by atoms with van der Waals surface area (Å²) in [6.07, 6.45) is -0.439. The minimum atomic E-state index is -0.439. The summed E-state index contributed by atoms with van der Waals surface area (Å²) in [7, 11) is 0. The Kier molecular flexibility index (Phi) is 1.47. The SMILES string of the molecule is O=C1OC[C@H]2[C@@H](CO)CON12. The highest BCUT2D eigenvalue weighted by molar-refractivity contribution is 5.69. The molecule has 0 radical (unpaired) electrons. The summed E-state index contributed by atoms with van der Waals surface area (Å²) in [5.74, 6) is 0.0152. The zero-order valence-electron chi connectivity index (χ0n) is 5.90. The van der Waals surface area contributed by atoms with Crippen molar-refractivity contribution in [2.45, 2.75) is 6.04 Å². The van der Waals surface area contributed by atoms with E-state index in [2.05, 4.69) is 0 Å². The third kappa shape index (κ3) is 0.883. The van der Waals surface area contributed by atoms with Crippen LogP contribution in [0, 0.1) is 5.92 Å². The minimum absolute atomic E-state index is 0.0152. The molecule has 11 heavy (non-hydrogen) atoms. The van der Waals surface area contributed by atoms with E-state index in [4.69, 9.17) is 14.7 Å². The molecule has 0 aromatic carbocycles. The first-order valence-electron chi connectivity index (χ1n) is 3.52. The molecule has 2 aliphatic heterocycles. The van der Waals surface area contributed by atoms with Gasteiger partial charge < -0.3 is 9.84 Å². The second-order valence-corrected chi connectivity index (χ2v) is 2.71. The molecule has 2 heterocycles. The fourth-order valence-corrected chi connectivity index (χ4v) is 1.36. The maximum atomic E-state index is 10.8. The third-order valence-corrected chi connectivity index (χ3v) is 2.07. The van der Waals surface area contributed by atoms with Gasteiger partial charge in [-0.15, -0.1) is 0 Å². The van der Waals surface area contributed by atoms with Gasteiger partial charge in [-0.2, -0.15) is 5.06 Å². The number of fused-ring (bicyclic) bond motifs is 1. The molecule has 5 nitrogen and oxygen atoms in total. The number of aliphatic hydroxyl groups is 1. The minimum Gasteiger partial charge on any atom is -0.446 e. The van der Waals surface area contributed by atoms with Crippen LogP contribution in [0.4, 0.5) is 4.79 Å². The van der Waals surface area contributed by atoms with Gasteiger partial charge in [-0.3, -0.25) is 4.84 Å². The number of nitrogens with zero attached hydrogens (tertiary/aromatic N) is 1. The van der Waals surface area contributed by atoms with Crippen molar-refractivity contribution >= 4 is 6.09 Å². The molecule has 2 aliphatic rings. The van der Waals surface area contributed by atoms with Gasteiger partial charge in [0.2, 0.25) is 0 Å². The number of carbonyl (C=O) groups is 1. The standard InChI is InChI=1S/C6H9NO4/c8-1-4-2-11-7-5(4)3-10-6(7)9/h4-5,8H,1-3H2/t4-,5-/m0/s1. The van der Waals surface area contributed by atoms with Crippen molar-refractivity contribution in [2.75, 3.05) is 19.8 Å². The fourth-order valence-electron chi connectivity index (χ4n) is 1.36. The number of carbonyl (C=O) groups excluding carboxylic acids is 1. The van der Waals surface area contributed by atoms with E-state index < -0.39 is 6.09 Å². The van der Waals surface area contributed by atoms with Crippen molar-refractivity contribution in [3.05, 3.63) is 0 Å². The lowest BCUT2D eigenvalue weighted by Crippen LogP contribution is -2.30. The van der Waals surface area contributed by atoms with Gasteiger partial charge in [0.05, 0.1) is 13.2 Å². The van der Waals surface area contributed by atoms with Crippen LogP contribution in [0.5, 0.6) is 0 Å². The number of amides is 1. The highest BCUT2D eigenvalue weighted by atomic mass is 16.8. The number of rotatable bonds is 1. The quantitative estimate of drug-likeness (QED) is 0.553. The molecule has 0 unspecified atom stereocenters. The third-order valence-electron chi connectivity index (χ3n) is 2.07. The normalized spacial score (nSPS) is 35.7. The molecule has 0 aromatic heterocycles. The molecule has 62 valence electrons. The van der Waals surface area contributed by atoms with Crippen LogP contribution in [0.1, 0.15) is 0 Å². The number of hydrogen-bond acceptors (Lipinski definition) is 4. The van der Waals surface area contributed by atoms with Crippen LogP contribution in [0.15, 0.2) is 0 Å². The van der Waals surface area contributed by atoms with Crippen molar-refractivity contribution in [3.63, 3.8) is 0 Å².